The molecule has 1 atom stereocenters. The Labute approximate surface area is 168 Å². The molecule has 3 aromatic rings. The van der Waals surface area contributed by atoms with Gasteiger partial charge in [-0.2, -0.15) is 0 Å². The van der Waals surface area contributed by atoms with Crippen molar-refractivity contribution in [2.24, 2.45) is 0 Å². The molecule has 1 aliphatic rings. The Bertz CT molecular complexity index is 1220. The third kappa shape index (κ3) is 4.33. The summed E-state index contributed by atoms with van der Waals surface area (Å²) in [4.78, 5) is 16.8. The summed E-state index contributed by atoms with van der Waals surface area (Å²) >= 11 is 0. The number of sulfone groups is 1. The molecule has 0 bridgehead atoms. The van der Waals surface area contributed by atoms with Gasteiger partial charge in [0.05, 0.1) is 4.90 Å². The summed E-state index contributed by atoms with van der Waals surface area (Å²) in [6, 6.07) is 11.5. The van der Waals surface area contributed by atoms with E-state index in [0.717, 1.165) is 30.3 Å². The van der Waals surface area contributed by atoms with Crippen LogP contribution in [0.25, 0.3) is 10.8 Å². The number of aromatic amines is 1. The summed E-state index contributed by atoms with van der Waals surface area (Å²) in [6.07, 6.45) is 3.66. The normalized spacial score (nSPS) is 17.7. The van der Waals surface area contributed by atoms with E-state index in [2.05, 4.69) is 15.2 Å². The van der Waals surface area contributed by atoms with Crippen molar-refractivity contribution in [3.63, 3.8) is 0 Å². The molecule has 0 amide bonds. The molecule has 2 N–H and O–H groups in total. The van der Waals surface area contributed by atoms with Gasteiger partial charge in [0, 0.05) is 49.2 Å². The molecule has 152 valence electrons. The maximum Gasteiger partial charge on any atom is 0.255 e. The molecule has 1 aliphatic heterocycles. The van der Waals surface area contributed by atoms with Gasteiger partial charge in [0.2, 0.25) is 0 Å². The van der Waals surface area contributed by atoms with Gasteiger partial charge in [-0.1, -0.05) is 0 Å². The van der Waals surface area contributed by atoms with E-state index in [1.54, 1.807) is 12.3 Å². The Kier molecular flexibility index (Phi) is 5.14. The van der Waals surface area contributed by atoms with Crippen LogP contribution in [-0.2, 0) is 16.4 Å². The van der Waals surface area contributed by atoms with Crippen LogP contribution >= 0.6 is 0 Å². The fraction of sp³-hybridized carbons (Fsp3) is 0.286. The van der Waals surface area contributed by atoms with Gasteiger partial charge in [-0.15, -0.1) is 0 Å². The zero-order valence-corrected chi connectivity index (χ0v) is 16.8. The molecule has 0 spiro atoms. The Hall–Kier alpha value is -2.71. The Morgan fingerprint density at radius 3 is 2.83 bits per heavy atom. The van der Waals surface area contributed by atoms with Crippen molar-refractivity contribution in [2.45, 2.75) is 23.9 Å². The van der Waals surface area contributed by atoms with Crippen LogP contribution in [0.5, 0.6) is 0 Å². The molecule has 0 aliphatic carbocycles. The van der Waals surface area contributed by atoms with Crippen LogP contribution < -0.4 is 10.9 Å². The molecular weight excluding hydrogens is 393 g/mol. The van der Waals surface area contributed by atoms with E-state index >= 15 is 0 Å². The number of nitrogens with one attached hydrogen (secondary N) is 2. The van der Waals surface area contributed by atoms with Crippen molar-refractivity contribution in [2.75, 3.05) is 24.7 Å². The molecule has 8 heteroatoms. The second kappa shape index (κ2) is 7.61. The Morgan fingerprint density at radius 2 is 2.03 bits per heavy atom. The van der Waals surface area contributed by atoms with Gasteiger partial charge in [0.1, 0.15) is 5.82 Å². The first-order chi connectivity index (χ1) is 13.8. The number of anilines is 1. The molecule has 2 heterocycles. The number of H-pyrrole nitrogens is 1. The predicted molar refractivity (Wildman–Crippen MR) is 111 cm³/mol. The van der Waals surface area contributed by atoms with Gasteiger partial charge in [-0.05, 0) is 59.8 Å². The van der Waals surface area contributed by atoms with Crippen molar-refractivity contribution in [1.29, 1.82) is 0 Å². The van der Waals surface area contributed by atoms with E-state index in [4.69, 9.17) is 0 Å². The molecule has 1 fully saturated rings. The predicted octanol–water partition coefficient (Wildman–Crippen LogP) is 2.76. The van der Waals surface area contributed by atoms with Crippen LogP contribution in [0.3, 0.4) is 0 Å². The topological polar surface area (TPSA) is 82.3 Å². The van der Waals surface area contributed by atoms with E-state index < -0.39 is 15.7 Å². The highest BCUT2D eigenvalue weighted by Gasteiger charge is 2.24. The molecule has 4 rings (SSSR count). The molecule has 1 aromatic heterocycles. The van der Waals surface area contributed by atoms with Crippen LogP contribution in [0.1, 0.15) is 12.0 Å². The lowest BCUT2D eigenvalue weighted by atomic mass is 10.1. The van der Waals surface area contributed by atoms with Gasteiger partial charge in [0.25, 0.3) is 5.56 Å². The quantitative estimate of drug-likeness (QED) is 0.626. The zero-order valence-electron chi connectivity index (χ0n) is 16.0. The van der Waals surface area contributed by atoms with Crippen molar-refractivity contribution < 1.29 is 12.8 Å². The highest BCUT2D eigenvalue weighted by Crippen LogP contribution is 2.23. The highest BCUT2D eigenvalue weighted by atomic mass is 32.2. The number of nitrogens with zero attached hydrogens (tertiary/aromatic N) is 1. The molecule has 0 unspecified atom stereocenters. The molecular formula is C21H22FN3O3S. The van der Waals surface area contributed by atoms with Gasteiger partial charge >= 0.3 is 0 Å². The van der Waals surface area contributed by atoms with Crippen molar-refractivity contribution in [3.8, 4) is 0 Å². The number of aromatic nitrogens is 1. The summed E-state index contributed by atoms with van der Waals surface area (Å²) in [6.45, 7) is 1.88. The minimum Gasteiger partial charge on any atom is -0.381 e. The van der Waals surface area contributed by atoms with Gasteiger partial charge in [0.15, 0.2) is 9.84 Å². The van der Waals surface area contributed by atoms with Gasteiger partial charge in [-0.25, -0.2) is 12.8 Å². The summed E-state index contributed by atoms with van der Waals surface area (Å²) in [5, 5.41) is 4.99. The number of benzene rings is 2. The first-order valence-corrected chi connectivity index (χ1v) is 11.3. The number of halogens is 1. The number of hydrogen-bond donors (Lipinski definition) is 2. The second-order valence-corrected chi connectivity index (χ2v) is 9.48. The maximum atomic E-state index is 13.7. The Balaban J connectivity index is 1.47. The standard InChI is InChI=1S/C21H22FN3O3S/c1-29(27,28)20-5-2-16(22)10-15(20)12-25-9-7-18(13-25)24-17-3-4-19-14(11-17)6-8-23-21(19)26/h2-6,8,10-11,18,24H,7,9,12-13H2,1H3,(H,23,26)/t18-/m0/s1. The lowest BCUT2D eigenvalue weighted by Crippen LogP contribution is -2.26. The van der Waals surface area contributed by atoms with Gasteiger partial charge < -0.3 is 10.3 Å². The lowest BCUT2D eigenvalue weighted by Gasteiger charge is -2.19. The summed E-state index contributed by atoms with van der Waals surface area (Å²) in [7, 11) is -3.42. The zero-order chi connectivity index (χ0) is 20.6. The summed E-state index contributed by atoms with van der Waals surface area (Å²) in [5.74, 6) is -0.438. The molecule has 6 nitrogen and oxygen atoms in total. The number of fused-ring (bicyclic) bond motifs is 1. The third-order valence-electron chi connectivity index (χ3n) is 5.23. The number of pyridine rings is 1. The minimum absolute atomic E-state index is 0.113. The van der Waals surface area contributed by atoms with Crippen LogP contribution in [0.4, 0.5) is 10.1 Å². The first-order valence-electron chi connectivity index (χ1n) is 9.38. The van der Waals surface area contributed by atoms with Crippen molar-refractivity contribution >= 4 is 26.3 Å². The summed E-state index contributed by atoms with van der Waals surface area (Å²) in [5.41, 5.74) is 1.30. The molecule has 0 saturated carbocycles. The largest absolute Gasteiger partial charge is 0.381 e. The van der Waals surface area contributed by atoms with Gasteiger partial charge in [-0.3, -0.25) is 9.69 Å². The average Bonchev–Trinajstić information content (AvgIpc) is 3.07. The average molecular weight is 415 g/mol. The number of rotatable bonds is 5. The molecule has 2 aromatic carbocycles. The fourth-order valence-corrected chi connectivity index (χ4v) is 4.80. The van der Waals surface area contributed by atoms with E-state index in [0.29, 0.717) is 24.0 Å². The minimum atomic E-state index is -3.42. The lowest BCUT2D eigenvalue weighted by molar-refractivity contribution is 0.325. The number of hydrogen-bond acceptors (Lipinski definition) is 5. The van der Waals surface area contributed by atoms with Crippen LogP contribution in [0.2, 0.25) is 0 Å². The Morgan fingerprint density at radius 1 is 1.21 bits per heavy atom. The molecule has 29 heavy (non-hydrogen) atoms. The molecule has 1 saturated heterocycles. The maximum absolute atomic E-state index is 13.7. The third-order valence-corrected chi connectivity index (χ3v) is 6.43. The van der Waals surface area contributed by atoms with E-state index in [-0.39, 0.29) is 16.5 Å². The number of likely N-dealkylation sites (tertiary alicyclic amines) is 1. The van der Waals surface area contributed by atoms with Crippen LogP contribution in [0.15, 0.2) is 58.4 Å². The summed E-state index contributed by atoms with van der Waals surface area (Å²) < 4.78 is 37.7. The van der Waals surface area contributed by atoms with E-state index in [1.165, 1.54) is 18.2 Å². The SMILES string of the molecule is CS(=O)(=O)c1ccc(F)cc1CN1CC[C@H](Nc2ccc3c(=O)[nH]ccc3c2)C1. The van der Waals surface area contributed by atoms with E-state index in [9.17, 15) is 17.6 Å². The van der Waals surface area contributed by atoms with Crippen LogP contribution in [0, 0.1) is 5.82 Å². The molecule has 0 radical (unpaired) electrons. The van der Waals surface area contributed by atoms with Crippen molar-refractivity contribution in [1.82, 2.24) is 9.88 Å². The monoisotopic (exact) mass is 415 g/mol. The van der Waals surface area contributed by atoms with E-state index in [1.807, 2.05) is 18.2 Å². The van der Waals surface area contributed by atoms with Crippen molar-refractivity contribution in [3.05, 3.63) is 70.4 Å². The highest BCUT2D eigenvalue weighted by molar-refractivity contribution is 7.90. The van der Waals surface area contributed by atoms with Crippen LogP contribution in [-0.4, -0.2) is 43.7 Å². The smallest absolute Gasteiger partial charge is 0.255 e. The second-order valence-electron chi connectivity index (χ2n) is 7.50. The fourth-order valence-electron chi connectivity index (χ4n) is 3.89. The first kappa shape index (κ1) is 19.6.